The number of sulfone groups is 1. The van der Waals surface area contributed by atoms with Gasteiger partial charge in [0.2, 0.25) is 5.91 Å². The van der Waals surface area contributed by atoms with Gasteiger partial charge in [-0.05, 0) is 66.6 Å². The molecule has 3 aromatic rings. The number of rotatable bonds is 12. The van der Waals surface area contributed by atoms with Gasteiger partial charge in [-0.3, -0.25) is 10.1 Å². The van der Waals surface area contributed by atoms with Crippen LogP contribution < -0.4 is 21.5 Å². The number of methoxy groups -OCH3 is 1. The van der Waals surface area contributed by atoms with Gasteiger partial charge in [-0.25, -0.2) is 18.2 Å². The van der Waals surface area contributed by atoms with E-state index in [1.54, 1.807) is 55.5 Å². The van der Waals surface area contributed by atoms with Crippen molar-refractivity contribution in [2.24, 2.45) is 16.3 Å². The van der Waals surface area contributed by atoms with Gasteiger partial charge in [0.1, 0.15) is 9.84 Å². The molecule has 2 amide bonds. The Morgan fingerprint density at radius 3 is 2.48 bits per heavy atom. The molecule has 232 valence electrons. The Hall–Kier alpha value is -4.53. The third-order valence-electron chi connectivity index (χ3n) is 6.29. The molecule has 2 aromatic carbocycles. The van der Waals surface area contributed by atoms with Crippen LogP contribution in [0.4, 0.5) is 16.2 Å². The molecule has 1 aromatic heterocycles. The van der Waals surface area contributed by atoms with E-state index < -0.39 is 27.4 Å². The van der Waals surface area contributed by atoms with Gasteiger partial charge in [-0.15, -0.1) is 5.10 Å². The van der Waals surface area contributed by atoms with Crippen LogP contribution in [-0.2, 0) is 24.9 Å². The van der Waals surface area contributed by atoms with Gasteiger partial charge in [0.05, 0.1) is 29.8 Å². The maximum Gasteiger partial charge on any atom is 0.411 e. The molecule has 44 heavy (non-hydrogen) atoms. The molecule has 0 saturated heterocycles. The van der Waals surface area contributed by atoms with E-state index in [1.807, 2.05) is 0 Å². The molecular formula is C28H30Cl2N8O5S. The number of nitrogens with two attached hydrogens (primary N) is 1. The van der Waals surface area contributed by atoms with Gasteiger partial charge in [-0.2, -0.15) is 5.10 Å². The highest BCUT2D eigenvalue weighted by molar-refractivity contribution is 7.90. The lowest BCUT2D eigenvalue weighted by molar-refractivity contribution is -0.118. The number of ether oxygens (including phenoxy) is 1. The number of nitrogens with zero attached hydrogens (tertiary/aromatic N) is 5. The lowest BCUT2D eigenvalue weighted by Crippen LogP contribution is -2.44. The normalized spacial score (nSPS) is 12.9. The number of hydrogen-bond acceptors (Lipinski definition) is 9. The first-order valence-corrected chi connectivity index (χ1v) is 15.6. The predicted molar refractivity (Wildman–Crippen MR) is 171 cm³/mol. The van der Waals surface area contributed by atoms with Gasteiger partial charge in [0.15, 0.2) is 5.15 Å². The fraction of sp³-hybridized carbons (Fsp3) is 0.214. The minimum atomic E-state index is -3.42. The van der Waals surface area contributed by atoms with E-state index >= 15 is 0 Å². The quantitative estimate of drug-likeness (QED) is 0.100. The lowest BCUT2D eigenvalue weighted by atomic mass is 9.92. The molecule has 0 spiro atoms. The minimum Gasteiger partial charge on any atom is -0.453 e. The van der Waals surface area contributed by atoms with Crippen molar-refractivity contribution in [1.82, 2.24) is 15.5 Å². The van der Waals surface area contributed by atoms with Crippen LogP contribution in [0.25, 0.3) is 17.2 Å². The molecule has 0 fully saturated rings. The van der Waals surface area contributed by atoms with Gasteiger partial charge in [0, 0.05) is 40.4 Å². The molecule has 4 N–H and O–H groups in total. The Morgan fingerprint density at radius 2 is 1.86 bits per heavy atom. The van der Waals surface area contributed by atoms with Gasteiger partial charge >= 0.3 is 6.09 Å². The van der Waals surface area contributed by atoms with Crippen molar-refractivity contribution in [3.05, 3.63) is 88.8 Å². The van der Waals surface area contributed by atoms with Crippen molar-refractivity contribution in [1.29, 1.82) is 0 Å². The summed E-state index contributed by atoms with van der Waals surface area (Å²) in [5.74, 6) is 4.38. The van der Waals surface area contributed by atoms with Crippen molar-refractivity contribution >= 4 is 62.5 Å². The summed E-state index contributed by atoms with van der Waals surface area (Å²) in [5.41, 5.74) is 1.55. The number of halogens is 2. The Kier molecular flexibility index (Phi) is 11.4. The van der Waals surface area contributed by atoms with E-state index in [4.69, 9.17) is 29.0 Å². The highest BCUT2D eigenvalue weighted by Crippen LogP contribution is 2.32. The Morgan fingerprint density at radius 1 is 1.16 bits per heavy atom. The van der Waals surface area contributed by atoms with E-state index in [1.165, 1.54) is 30.5 Å². The Labute approximate surface area is 264 Å². The predicted octanol–water partition coefficient (Wildman–Crippen LogP) is 5.30. The van der Waals surface area contributed by atoms with Crippen molar-refractivity contribution in [2.45, 2.75) is 18.9 Å². The third-order valence-corrected chi connectivity index (χ3v) is 7.75. The SMILES string of the molecule is C=CN(/N=N\N)c1ccc(Cl)cc1/C=C/C(=O)NC(C)(CCS(C)(=O)=O)c1cc(-c2ccc(NC(=O)OC)cc2)c(Cl)nn1. The number of carbonyl (C=O) groups is 2. The molecule has 1 heterocycles. The van der Waals surface area contributed by atoms with Crippen LogP contribution >= 0.6 is 23.2 Å². The van der Waals surface area contributed by atoms with Gasteiger partial charge in [-0.1, -0.05) is 47.1 Å². The molecule has 13 nitrogen and oxygen atoms in total. The summed E-state index contributed by atoms with van der Waals surface area (Å²) in [7, 11) is -2.17. The monoisotopic (exact) mass is 660 g/mol. The van der Waals surface area contributed by atoms with Crippen molar-refractivity contribution in [3.8, 4) is 11.1 Å². The molecule has 0 radical (unpaired) electrons. The second-order valence-corrected chi connectivity index (χ2v) is 12.7. The Balaban J connectivity index is 1.97. The average molecular weight is 662 g/mol. The highest BCUT2D eigenvalue weighted by Gasteiger charge is 2.32. The fourth-order valence-corrected chi connectivity index (χ4v) is 5.14. The smallest absolute Gasteiger partial charge is 0.411 e. The zero-order valence-corrected chi connectivity index (χ0v) is 26.3. The zero-order chi connectivity index (χ0) is 32.5. The highest BCUT2D eigenvalue weighted by atomic mass is 35.5. The molecule has 0 aliphatic carbocycles. The van der Waals surface area contributed by atoms with E-state index in [2.05, 4.69) is 42.6 Å². The van der Waals surface area contributed by atoms with Crippen LogP contribution in [0.2, 0.25) is 10.2 Å². The van der Waals surface area contributed by atoms with Gasteiger partial charge < -0.3 is 15.9 Å². The first kappa shape index (κ1) is 34.0. The van der Waals surface area contributed by atoms with Crippen molar-refractivity contribution in [3.63, 3.8) is 0 Å². The summed E-state index contributed by atoms with van der Waals surface area (Å²) in [6.07, 6.45) is 4.58. The fourth-order valence-electron chi connectivity index (χ4n) is 3.98. The molecule has 0 bridgehead atoms. The van der Waals surface area contributed by atoms with Crippen LogP contribution in [0.3, 0.4) is 0 Å². The summed E-state index contributed by atoms with van der Waals surface area (Å²) >= 11 is 12.6. The first-order valence-electron chi connectivity index (χ1n) is 12.8. The molecule has 0 saturated carbocycles. The van der Waals surface area contributed by atoms with E-state index in [0.29, 0.717) is 33.1 Å². The maximum atomic E-state index is 13.3. The second-order valence-electron chi connectivity index (χ2n) is 9.60. The summed E-state index contributed by atoms with van der Waals surface area (Å²) in [5, 5.41) is 22.5. The molecular weight excluding hydrogens is 631 g/mol. The van der Waals surface area contributed by atoms with Crippen LogP contribution in [0.5, 0.6) is 0 Å². The van der Waals surface area contributed by atoms with Crippen molar-refractivity contribution in [2.75, 3.05) is 29.4 Å². The zero-order valence-electron chi connectivity index (χ0n) is 24.0. The van der Waals surface area contributed by atoms with E-state index in [9.17, 15) is 18.0 Å². The summed E-state index contributed by atoms with van der Waals surface area (Å²) in [4.78, 5) is 24.8. The number of nitrogens with one attached hydrogen (secondary N) is 2. The molecule has 3 rings (SSSR count). The van der Waals surface area contributed by atoms with Crippen LogP contribution in [0.15, 0.2) is 77.8 Å². The van der Waals surface area contributed by atoms with Crippen LogP contribution in [-0.4, -0.2) is 49.7 Å². The van der Waals surface area contributed by atoms with E-state index in [-0.39, 0.29) is 23.0 Å². The number of amides is 2. The largest absolute Gasteiger partial charge is 0.453 e. The summed E-state index contributed by atoms with van der Waals surface area (Å²) < 4.78 is 28.8. The van der Waals surface area contributed by atoms with Crippen LogP contribution in [0.1, 0.15) is 24.6 Å². The number of benzene rings is 2. The lowest BCUT2D eigenvalue weighted by Gasteiger charge is -2.30. The molecule has 1 unspecified atom stereocenters. The maximum absolute atomic E-state index is 13.3. The van der Waals surface area contributed by atoms with E-state index in [0.717, 1.165) is 6.26 Å². The third kappa shape index (κ3) is 9.23. The minimum absolute atomic E-state index is 0.0211. The van der Waals surface area contributed by atoms with Crippen molar-refractivity contribution < 1.29 is 22.7 Å². The molecule has 0 aliphatic heterocycles. The standard InChI is InChI=1S/C28H30Cl2N8O5S/c1-5-38(37-36-31)23-12-9-20(29)16-19(23)8-13-25(39)33-28(2,14-15-44(4,41)42)24-17-22(26(30)35-34-24)18-6-10-21(11-7-18)32-27(40)43-3/h5-13,16-17H,1,14-15H2,2-4H3,(H2,31,37)(H,32,40)(H,33,39)/b13-8+. The number of carbonyl (C=O) groups excluding carboxylic acids is 2. The molecule has 0 aliphatic rings. The summed E-state index contributed by atoms with van der Waals surface area (Å²) in [6, 6.07) is 13.2. The van der Waals surface area contributed by atoms with Gasteiger partial charge in [0.25, 0.3) is 0 Å². The molecule has 16 heteroatoms. The number of hydrogen-bond donors (Lipinski definition) is 3. The second kappa shape index (κ2) is 14.8. The average Bonchev–Trinajstić information content (AvgIpc) is 2.98. The number of aromatic nitrogens is 2. The Bertz CT molecular complexity index is 1700. The molecule has 1 atom stereocenters. The van der Waals surface area contributed by atoms with Crippen LogP contribution in [0, 0.1) is 0 Å². The summed E-state index contributed by atoms with van der Waals surface area (Å²) in [6.45, 7) is 5.32. The first-order chi connectivity index (χ1) is 20.8. The topological polar surface area (TPSA) is 181 Å². The number of anilines is 2.